The molecule has 1 aromatic rings. The van der Waals surface area contributed by atoms with Gasteiger partial charge >= 0.3 is 12.0 Å². The van der Waals surface area contributed by atoms with Gasteiger partial charge in [-0.25, -0.2) is 9.59 Å². The molecule has 0 radical (unpaired) electrons. The van der Waals surface area contributed by atoms with E-state index >= 15 is 0 Å². The number of hydrogen-bond donors (Lipinski definition) is 4. The second kappa shape index (κ2) is 8.01. The predicted octanol–water partition coefficient (Wildman–Crippen LogP) is 1.27. The summed E-state index contributed by atoms with van der Waals surface area (Å²) in [5.41, 5.74) is -0.915. The first-order valence-corrected chi connectivity index (χ1v) is 8.62. The monoisotopic (exact) mass is 381 g/mol. The van der Waals surface area contributed by atoms with Gasteiger partial charge in [-0.1, -0.05) is 0 Å². The number of nitrogens with zero attached hydrogens (tertiary/aromatic N) is 1. The average Bonchev–Trinajstić information content (AvgIpc) is 2.59. The highest BCUT2D eigenvalue weighted by Gasteiger charge is 2.30. The third-order valence-electron chi connectivity index (χ3n) is 4.28. The van der Waals surface area contributed by atoms with Gasteiger partial charge < -0.3 is 35.2 Å². The number of hydrogen-bond acceptors (Lipinski definition) is 6. The van der Waals surface area contributed by atoms with Gasteiger partial charge in [0.25, 0.3) is 0 Å². The molecule has 1 atom stereocenters. The van der Waals surface area contributed by atoms with E-state index in [0.717, 1.165) is 25.7 Å². The number of morpholine rings is 1. The van der Waals surface area contributed by atoms with Crippen molar-refractivity contribution in [2.24, 2.45) is 0 Å². The van der Waals surface area contributed by atoms with Crippen molar-refractivity contribution in [1.82, 2.24) is 5.32 Å². The summed E-state index contributed by atoms with van der Waals surface area (Å²) in [5, 5.41) is 23.4. The molecule has 2 rings (SSSR count). The second-order valence-corrected chi connectivity index (χ2v) is 7.30. The lowest BCUT2D eigenvalue weighted by molar-refractivity contribution is -0.155. The van der Waals surface area contributed by atoms with Crippen LogP contribution in [0.1, 0.15) is 20.8 Å². The number of anilines is 2. The lowest BCUT2D eigenvalue weighted by Gasteiger charge is -2.39. The van der Waals surface area contributed by atoms with Crippen LogP contribution >= 0.6 is 0 Å². The van der Waals surface area contributed by atoms with Crippen molar-refractivity contribution >= 4 is 23.4 Å². The fourth-order valence-corrected chi connectivity index (χ4v) is 2.71. The quantitative estimate of drug-likeness (QED) is 0.586. The number of ether oxygens (including phenoxy) is 2. The first-order chi connectivity index (χ1) is 12.5. The molecule has 9 nitrogen and oxygen atoms in total. The summed E-state index contributed by atoms with van der Waals surface area (Å²) in [6, 6.07) is 4.76. The fourth-order valence-electron chi connectivity index (χ4n) is 2.71. The van der Waals surface area contributed by atoms with Gasteiger partial charge in [-0.2, -0.15) is 0 Å². The maximum atomic E-state index is 12.0. The maximum absolute atomic E-state index is 12.0. The molecule has 2 amide bonds. The average molecular weight is 381 g/mol. The Balaban J connectivity index is 2.05. The Bertz CT molecular complexity index is 704. The molecular formula is C18H27N3O6. The second-order valence-electron chi connectivity index (χ2n) is 7.30. The van der Waals surface area contributed by atoms with Gasteiger partial charge in [-0.15, -0.1) is 0 Å². The molecule has 27 heavy (non-hydrogen) atoms. The standard InChI is InChI=1S/C18H27N3O6/c1-17(2)11-21(7-8-27-17)12-5-6-13(14(9-12)26-4)20-16(24)19-10-18(3,25)15(22)23/h5-6,9,25H,7-8,10-11H2,1-4H3,(H,22,23)(H2,19,20,24). The number of aliphatic hydroxyl groups is 1. The molecule has 1 fully saturated rings. The summed E-state index contributed by atoms with van der Waals surface area (Å²) in [6.45, 7) is 6.84. The number of carboxylic acids is 1. The van der Waals surface area contributed by atoms with E-state index in [1.165, 1.54) is 7.11 Å². The van der Waals surface area contributed by atoms with E-state index in [9.17, 15) is 14.7 Å². The summed E-state index contributed by atoms with van der Waals surface area (Å²) in [7, 11) is 1.50. The lowest BCUT2D eigenvalue weighted by Crippen LogP contribution is -2.48. The number of amides is 2. The third kappa shape index (κ3) is 5.48. The minimum absolute atomic E-state index is 0.247. The molecule has 1 aromatic carbocycles. The van der Waals surface area contributed by atoms with E-state index in [0.29, 0.717) is 18.0 Å². The van der Waals surface area contributed by atoms with Crippen LogP contribution in [0.25, 0.3) is 0 Å². The highest BCUT2D eigenvalue weighted by Crippen LogP contribution is 2.31. The predicted molar refractivity (Wildman–Crippen MR) is 101 cm³/mol. The van der Waals surface area contributed by atoms with Gasteiger partial charge in [0, 0.05) is 24.8 Å². The zero-order valence-corrected chi connectivity index (χ0v) is 16.0. The molecule has 0 saturated carbocycles. The number of benzene rings is 1. The molecule has 150 valence electrons. The van der Waals surface area contributed by atoms with E-state index in [1.807, 2.05) is 26.0 Å². The van der Waals surface area contributed by atoms with Crippen molar-refractivity contribution < 1.29 is 29.3 Å². The molecule has 1 aliphatic heterocycles. The van der Waals surface area contributed by atoms with Crippen molar-refractivity contribution in [3.8, 4) is 5.75 Å². The third-order valence-corrected chi connectivity index (χ3v) is 4.28. The number of urea groups is 1. The van der Waals surface area contributed by atoms with Crippen LogP contribution in [0.2, 0.25) is 0 Å². The highest BCUT2D eigenvalue weighted by atomic mass is 16.5. The van der Waals surface area contributed by atoms with Crippen LogP contribution in [0.3, 0.4) is 0 Å². The Kier molecular flexibility index (Phi) is 6.17. The molecule has 4 N–H and O–H groups in total. The zero-order chi connectivity index (χ0) is 20.2. The van der Waals surface area contributed by atoms with E-state index < -0.39 is 24.1 Å². The fraction of sp³-hybridized carbons (Fsp3) is 0.556. The zero-order valence-electron chi connectivity index (χ0n) is 16.0. The van der Waals surface area contributed by atoms with Crippen molar-refractivity contribution in [3.05, 3.63) is 18.2 Å². The summed E-state index contributed by atoms with van der Waals surface area (Å²) in [5.74, 6) is -0.949. The summed E-state index contributed by atoms with van der Waals surface area (Å²) >= 11 is 0. The normalized spacial score (nSPS) is 18.3. The van der Waals surface area contributed by atoms with Crippen molar-refractivity contribution in [2.45, 2.75) is 32.0 Å². The molecule has 0 bridgehead atoms. The number of carbonyl (C=O) groups is 2. The number of nitrogens with one attached hydrogen (secondary N) is 2. The Hall–Kier alpha value is -2.52. The summed E-state index contributed by atoms with van der Waals surface area (Å²) in [4.78, 5) is 25.1. The molecule has 0 spiro atoms. The van der Waals surface area contributed by atoms with Crippen LogP contribution in [0.5, 0.6) is 5.75 Å². The summed E-state index contributed by atoms with van der Waals surface area (Å²) in [6.07, 6.45) is 0. The van der Waals surface area contributed by atoms with Crippen molar-refractivity contribution in [1.29, 1.82) is 0 Å². The highest BCUT2D eigenvalue weighted by molar-refractivity contribution is 5.92. The Labute approximate surface area is 158 Å². The Morgan fingerprint density at radius 2 is 2.11 bits per heavy atom. The largest absolute Gasteiger partial charge is 0.494 e. The SMILES string of the molecule is COc1cc(N2CCOC(C)(C)C2)ccc1NC(=O)NCC(C)(O)C(=O)O. The molecular weight excluding hydrogens is 354 g/mol. The van der Waals surface area contributed by atoms with E-state index in [4.69, 9.17) is 14.6 Å². The van der Waals surface area contributed by atoms with Crippen LogP contribution in [-0.2, 0) is 9.53 Å². The number of carbonyl (C=O) groups excluding carboxylic acids is 1. The summed E-state index contributed by atoms with van der Waals surface area (Å²) < 4.78 is 11.1. The van der Waals surface area contributed by atoms with Gasteiger partial charge in [-0.05, 0) is 32.9 Å². The number of aliphatic carboxylic acids is 1. The number of rotatable bonds is 6. The van der Waals surface area contributed by atoms with Crippen LogP contribution in [0, 0.1) is 0 Å². The molecule has 9 heteroatoms. The molecule has 1 unspecified atom stereocenters. The van der Waals surface area contributed by atoms with Crippen LogP contribution in [0.4, 0.5) is 16.2 Å². The number of methoxy groups -OCH3 is 1. The lowest BCUT2D eigenvalue weighted by atomic mass is 10.1. The molecule has 1 heterocycles. The van der Waals surface area contributed by atoms with E-state index in [1.54, 1.807) is 6.07 Å². The van der Waals surface area contributed by atoms with Crippen molar-refractivity contribution in [3.63, 3.8) is 0 Å². The number of carboxylic acid groups (broad SMARTS) is 1. The van der Waals surface area contributed by atoms with E-state index in [-0.39, 0.29) is 5.60 Å². The first kappa shape index (κ1) is 20.8. The smallest absolute Gasteiger partial charge is 0.337 e. The molecule has 0 aromatic heterocycles. The maximum Gasteiger partial charge on any atom is 0.337 e. The minimum atomic E-state index is -2.05. The van der Waals surface area contributed by atoms with Gasteiger partial charge in [0.1, 0.15) is 5.75 Å². The van der Waals surface area contributed by atoms with E-state index in [2.05, 4.69) is 15.5 Å². The van der Waals surface area contributed by atoms with Crippen LogP contribution in [0.15, 0.2) is 18.2 Å². The van der Waals surface area contributed by atoms with Gasteiger partial charge in [0.05, 0.1) is 31.5 Å². The van der Waals surface area contributed by atoms with Crippen LogP contribution < -0.4 is 20.3 Å². The van der Waals surface area contributed by atoms with Gasteiger partial charge in [-0.3, -0.25) is 0 Å². The Morgan fingerprint density at radius 1 is 1.41 bits per heavy atom. The Morgan fingerprint density at radius 3 is 2.70 bits per heavy atom. The van der Waals surface area contributed by atoms with Crippen molar-refractivity contribution in [2.75, 3.05) is 43.6 Å². The van der Waals surface area contributed by atoms with Crippen LogP contribution in [-0.4, -0.2) is 66.8 Å². The molecule has 1 aliphatic rings. The topological polar surface area (TPSA) is 120 Å². The first-order valence-electron chi connectivity index (χ1n) is 8.62. The molecule has 1 saturated heterocycles. The minimum Gasteiger partial charge on any atom is -0.494 e. The van der Waals surface area contributed by atoms with Gasteiger partial charge in [0.2, 0.25) is 0 Å². The van der Waals surface area contributed by atoms with Gasteiger partial charge in [0.15, 0.2) is 5.60 Å². The molecule has 0 aliphatic carbocycles.